The molecule has 0 radical (unpaired) electrons. The second kappa shape index (κ2) is 8.05. The van der Waals surface area contributed by atoms with E-state index in [2.05, 4.69) is 16.8 Å². The molecular formula is C17H28N4O2S. The number of primary amides is 1. The van der Waals surface area contributed by atoms with Crippen LogP contribution in [0.15, 0.2) is 5.16 Å². The minimum absolute atomic E-state index is 0.0615. The number of aryl methyl sites for hydroxylation is 1. The van der Waals surface area contributed by atoms with E-state index in [1.807, 2.05) is 20.8 Å². The van der Waals surface area contributed by atoms with Crippen molar-refractivity contribution in [3.63, 3.8) is 0 Å². The van der Waals surface area contributed by atoms with Crippen LogP contribution >= 0.6 is 11.8 Å². The van der Waals surface area contributed by atoms with Gasteiger partial charge in [-0.25, -0.2) is 9.78 Å². The molecule has 2 rings (SSSR count). The third kappa shape index (κ3) is 4.32. The van der Waals surface area contributed by atoms with Crippen molar-refractivity contribution in [2.75, 3.05) is 0 Å². The summed E-state index contributed by atoms with van der Waals surface area (Å²) in [6.07, 6.45) is 6.08. The van der Waals surface area contributed by atoms with E-state index in [0.717, 1.165) is 23.7 Å². The van der Waals surface area contributed by atoms with E-state index in [9.17, 15) is 9.59 Å². The van der Waals surface area contributed by atoms with Gasteiger partial charge in [-0.05, 0) is 32.6 Å². The molecule has 1 fully saturated rings. The first-order valence-corrected chi connectivity index (χ1v) is 9.51. The molecule has 3 amide bonds. The molecule has 24 heavy (non-hydrogen) atoms. The van der Waals surface area contributed by atoms with Gasteiger partial charge in [0.25, 0.3) is 0 Å². The fourth-order valence-electron chi connectivity index (χ4n) is 3.25. The number of thioether (sulfide) groups is 1. The van der Waals surface area contributed by atoms with Crippen molar-refractivity contribution in [2.45, 2.75) is 76.2 Å². The number of aromatic nitrogens is 2. The summed E-state index contributed by atoms with van der Waals surface area (Å²) in [5.41, 5.74) is 7.27. The molecule has 1 saturated carbocycles. The number of urea groups is 1. The molecule has 0 bridgehead atoms. The lowest BCUT2D eigenvalue weighted by Gasteiger charge is -2.27. The number of nitrogens with two attached hydrogens (primary N) is 1. The lowest BCUT2D eigenvalue weighted by Crippen LogP contribution is -2.42. The lowest BCUT2D eigenvalue weighted by molar-refractivity contribution is -0.120. The first-order valence-electron chi connectivity index (χ1n) is 8.63. The summed E-state index contributed by atoms with van der Waals surface area (Å²) >= 11 is 1.43. The number of hydrogen-bond acceptors (Lipinski definition) is 4. The number of carbonyl (C=O) groups excluding carboxylic acids is 2. The molecule has 1 aromatic rings. The molecule has 6 nitrogen and oxygen atoms in total. The molecule has 1 atom stereocenters. The summed E-state index contributed by atoms with van der Waals surface area (Å²) in [7, 11) is 0. The van der Waals surface area contributed by atoms with Crippen LogP contribution in [0, 0.1) is 19.8 Å². The highest BCUT2D eigenvalue weighted by Crippen LogP contribution is 2.36. The monoisotopic (exact) mass is 352 g/mol. The zero-order valence-corrected chi connectivity index (χ0v) is 15.8. The number of hydrogen-bond donors (Lipinski definition) is 2. The van der Waals surface area contributed by atoms with Gasteiger partial charge in [-0.2, -0.15) is 0 Å². The molecule has 1 aromatic heterocycles. The number of amides is 3. The predicted molar refractivity (Wildman–Crippen MR) is 96.0 cm³/mol. The van der Waals surface area contributed by atoms with E-state index < -0.39 is 11.3 Å². The van der Waals surface area contributed by atoms with E-state index in [1.54, 1.807) is 0 Å². The van der Waals surface area contributed by atoms with Gasteiger partial charge >= 0.3 is 6.03 Å². The van der Waals surface area contributed by atoms with Gasteiger partial charge in [0.1, 0.15) is 0 Å². The van der Waals surface area contributed by atoms with Crippen molar-refractivity contribution in [3.05, 3.63) is 11.4 Å². The van der Waals surface area contributed by atoms with E-state index >= 15 is 0 Å². The SMILES string of the molecule is Cc1nc(S[C@@H](C(=O)NC(N)=O)C(C)C)n(C2CCCCC2)c1C. The Labute approximate surface area is 148 Å². The Balaban J connectivity index is 2.28. The second-order valence-electron chi connectivity index (χ2n) is 6.86. The third-order valence-electron chi connectivity index (χ3n) is 4.64. The minimum atomic E-state index is -0.811. The molecule has 7 heteroatoms. The largest absolute Gasteiger partial charge is 0.351 e. The van der Waals surface area contributed by atoms with Gasteiger partial charge in [-0.1, -0.05) is 44.9 Å². The Morgan fingerprint density at radius 2 is 1.88 bits per heavy atom. The number of imide groups is 1. The van der Waals surface area contributed by atoms with Crippen LogP contribution in [0.5, 0.6) is 0 Å². The van der Waals surface area contributed by atoms with E-state index in [0.29, 0.717) is 6.04 Å². The summed E-state index contributed by atoms with van der Waals surface area (Å²) < 4.78 is 2.30. The van der Waals surface area contributed by atoms with Crippen LogP contribution in [0.4, 0.5) is 4.79 Å². The molecule has 1 aliphatic carbocycles. The Morgan fingerprint density at radius 1 is 1.25 bits per heavy atom. The van der Waals surface area contributed by atoms with Gasteiger partial charge in [0.15, 0.2) is 5.16 Å². The smallest absolute Gasteiger partial charge is 0.318 e. The minimum Gasteiger partial charge on any atom is -0.351 e. The molecule has 0 spiro atoms. The highest BCUT2D eigenvalue weighted by Gasteiger charge is 2.29. The molecule has 0 aliphatic heterocycles. The normalized spacial score (nSPS) is 17.0. The van der Waals surface area contributed by atoms with Crippen LogP contribution < -0.4 is 11.1 Å². The van der Waals surface area contributed by atoms with Crippen LogP contribution in [0.2, 0.25) is 0 Å². The van der Waals surface area contributed by atoms with Crippen molar-refractivity contribution in [1.29, 1.82) is 0 Å². The summed E-state index contributed by atoms with van der Waals surface area (Å²) in [6, 6.07) is -0.358. The van der Waals surface area contributed by atoms with Gasteiger partial charge in [0, 0.05) is 11.7 Å². The predicted octanol–water partition coefficient (Wildman–Crippen LogP) is 3.32. The third-order valence-corrected chi connectivity index (χ3v) is 6.15. The van der Waals surface area contributed by atoms with Gasteiger partial charge in [-0.15, -0.1) is 0 Å². The van der Waals surface area contributed by atoms with E-state index in [-0.39, 0.29) is 11.8 Å². The van der Waals surface area contributed by atoms with Crippen LogP contribution in [-0.4, -0.2) is 26.7 Å². The van der Waals surface area contributed by atoms with Crippen molar-refractivity contribution < 1.29 is 9.59 Å². The van der Waals surface area contributed by atoms with Gasteiger partial charge in [0.05, 0.1) is 10.9 Å². The highest BCUT2D eigenvalue weighted by atomic mass is 32.2. The molecule has 1 aliphatic rings. The molecule has 0 aromatic carbocycles. The van der Waals surface area contributed by atoms with Crippen molar-refractivity contribution in [2.24, 2.45) is 11.7 Å². The van der Waals surface area contributed by atoms with Crippen LogP contribution in [0.25, 0.3) is 0 Å². The zero-order chi connectivity index (χ0) is 17.9. The molecule has 0 unspecified atom stereocenters. The number of imidazole rings is 1. The lowest BCUT2D eigenvalue weighted by atomic mass is 9.95. The average molecular weight is 353 g/mol. The standard InChI is InChI=1S/C17H28N4O2S/c1-10(2)14(15(22)20-16(18)23)24-17-19-11(3)12(4)21(17)13-8-6-5-7-9-13/h10,13-14H,5-9H2,1-4H3,(H3,18,20,22,23)/t14-/m1/s1. The highest BCUT2D eigenvalue weighted by molar-refractivity contribution is 8.00. The molecule has 134 valence electrons. The van der Waals surface area contributed by atoms with Gasteiger partial charge in [-0.3, -0.25) is 10.1 Å². The quantitative estimate of drug-likeness (QED) is 0.796. The van der Waals surface area contributed by atoms with Crippen LogP contribution in [-0.2, 0) is 4.79 Å². The van der Waals surface area contributed by atoms with Crippen LogP contribution in [0.1, 0.15) is 63.4 Å². The van der Waals surface area contributed by atoms with Crippen molar-refractivity contribution >= 4 is 23.7 Å². The number of nitrogens with zero attached hydrogens (tertiary/aromatic N) is 2. The first kappa shape index (κ1) is 18.8. The fraction of sp³-hybridized carbons (Fsp3) is 0.706. The maximum absolute atomic E-state index is 12.3. The average Bonchev–Trinajstić information content (AvgIpc) is 2.79. The Bertz CT molecular complexity index is 606. The van der Waals surface area contributed by atoms with Crippen molar-refractivity contribution in [3.8, 4) is 0 Å². The van der Waals surface area contributed by atoms with Crippen molar-refractivity contribution in [1.82, 2.24) is 14.9 Å². The number of nitrogens with one attached hydrogen (secondary N) is 1. The summed E-state index contributed by atoms with van der Waals surface area (Å²) in [5, 5.41) is 2.68. The number of carbonyl (C=O) groups is 2. The number of rotatable bonds is 5. The topological polar surface area (TPSA) is 90.0 Å². The molecular weight excluding hydrogens is 324 g/mol. The second-order valence-corrected chi connectivity index (χ2v) is 7.97. The van der Waals surface area contributed by atoms with E-state index in [4.69, 9.17) is 10.7 Å². The first-order chi connectivity index (χ1) is 11.3. The maximum Gasteiger partial charge on any atom is 0.318 e. The molecule has 1 heterocycles. The summed E-state index contributed by atoms with van der Waals surface area (Å²) in [4.78, 5) is 28.0. The van der Waals surface area contributed by atoms with E-state index in [1.165, 1.54) is 36.7 Å². The summed E-state index contributed by atoms with van der Waals surface area (Å²) in [5.74, 6) is -0.289. The van der Waals surface area contributed by atoms with Gasteiger partial charge < -0.3 is 10.3 Å². The zero-order valence-electron chi connectivity index (χ0n) is 15.0. The van der Waals surface area contributed by atoms with Crippen LogP contribution in [0.3, 0.4) is 0 Å². The van der Waals surface area contributed by atoms with Gasteiger partial charge in [0.2, 0.25) is 5.91 Å². The molecule has 0 saturated heterocycles. The fourth-order valence-corrected chi connectivity index (χ4v) is 4.50. The summed E-state index contributed by atoms with van der Waals surface area (Å²) in [6.45, 7) is 8.03. The Hall–Kier alpha value is -1.50. The maximum atomic E-state index is 12.3. The Kier molecular flexibility index (Phi) is 6.32. The molecule has 3 N–H and O–H groups in total. The Morgan fingerprint density at radius 3 is 2.42 bits per heavy atom.